The number of likely N-dealkylation sites (tertiary alicyclic amines) is 1. The van der Waals surface area contributed by atoms with Crippen LogP contribution in [0.15, 0.2) is 42.5 Å². The molecule has 1 atom stereocenters. The van der Waals surface area contributed by atoms with Crippen LogP contribution in [0.5, 0.6) is 0 Å². The van der Waals surface area contributed by atoms with Gasteiger partial charge in [0.05, 0.1) is 9.75 Å². The minimum Gasteiger partial charge on any atom is -0.347 e. The number of benzene rings is 1. The molecule has 132 valence electrons. The Morgan fingerprint density at radius 2 is 1.92 bits per heavy atom. The molecule has 0 aliphatic carbocycles. The number of hydrogen-bond acceptors (Lipinski definition) is 4. The zero-order valence-electron chi connectivity index (χ0n) is 14.5. The topological polar surface area (TPSA) is 49.4 Å². The summed E-state index contributed by atoms with van der Waals surface area (Å²) in [6.45, 7) is 4.53. The number of nitrogens with one attached hydrogen (secondary N) is 1. The molecule has 2 aromatic rings. The molecule has 0 saturated carbocycles. The quantitative estimate of drug-likeness (QED) is 0.807. The van der Waals surface area contributed by atoms with Crippen LogP contribution in [0, 0.1) is 0 Å². The van der Waals surface area contributed by atoms with Gasteiger partial charge in [0.25, 0.3) is 5.91 Å². The van der Waals surface area contributed by atoms with Crippen LogP contribution in [0.1, 0.15) is 44.7 Å². The maximum absolute atomic E-state index is 12.4. The Balaban J connectivity index is 1.50. The summed E-state index contributed by atoms with van der Waals surface area (Å²) in [6, 6.07) is 14.2. The molecule has 0 spiro atoms. The van der Waals surface area contributed by atoms with E-state index in [-0.39, 0.29) is 17.7 Å². The zero-order valence-corrected chi connectivity index (χ0v) is 15.3. The highest BCUT2D eigenvalue weighted by Gasteiger charge is 2.22. The number of carbonyl (C=O) groups excluding carboxylic acids is 2. The third kappa shape index (κ3) is 5.00. The Bertz CT molecular complexity index is 726. The lowest BCUT2D eigenvalue weighted by Crippen LogP contribution is -2.48. The summed E-state index contributed by atoms with van der Waals surface area (Å²) in [6.07, 6.45) is 3.15. The Hall–Kier alpha value is -1.98. The van der Waals surface area contributed by atoms with Gasteiger partial charge in [-0.25, -0.2) is 0 Å². The molecular weight excluding hydrogens is 332 g/mol. The molecular formula is C20H24N2O2S. The largest absolute Gasteiger partial charge is 0.347 e. The molecule has 1 aliphatic rings. The lowest BCUT2D eigenvalue weighted by atomic mass is 10.0. The van der Waals surface area contributed by atoms with Crippen molar-refractivity contribution in [3.8, 4) is 0 Å². The minimum atomic E-state index is -0.0626. The molecule has 3 rings (SSSR count). The Morgan fingerprint density at radius 1 is 1.16 bits per heavy atom. The highest BCUT2D eigenvalue weighted by Crippen LogP contribution is 2.18. The lowest BCUT2D eigenvalue weighted by Gasteiger charge is -2.33. The summed E-state index contributed by atoms with van der Waals surface area (Å²) in [5, 5.41) is 3.13. The van der Waals surface area contributed by atoms with Gasteiger partial charge in [0.1, 0.15) is 0 Å². The third-order valence-electron chi connectivity index (χ3n) is 4.58. The smallest absolute Gasteiger partial charge is 0.261 e. The fourth-order valence-electron chi connectivity index (χ4n) is 3.21. The van der Waals surface area contributed by atoms with Crippen molar-refractivity contribution in [3.05, 3.63) is 57.8 Å². The number of hydrogen-bond donors (Lipinski definition) is 1. The van der Waals surface area contributed by atoms with Crippen LogP contribution in [0.3, 0.4) is 0 Å². The fraction of sp³-hybridized carbons (Fsp3) is 0.400. The van der Waals surface area contributed by atoms with Gasteiger partial charge in [0, 0.05) is 19.1 Å². The molecule has 1 N–H and O–H groups in total. The van der Waals surface area contributed by atoms with Crippen molar-refractivity contribution >= 4 is 23.0 Å². The van der Waals surface area contributed by atoms with Crippen LogP contribution in [0.25, 0.3) is 0 Å². The Kier molecular flexibility index (Phi) is 6.00. The normalized spacial score (nSPS) is 18.0. The van der Waals surface area contributed by atoms with Gasteiger partial charge in [-0.3, -0.25) is 9.59 Å². The van der Waals surface area contributed by atoms with Crippen molar-refractivity contribution in [2.45, 2.75) is 32.2 Å². The number of ketones is 1. The Labute approximate surface area is 152 Å². The van der Waals surface area contributed by atoms with Gasteiger partial charge in [-0.15, -0.1) is 11.3 Å². The summed E-state index contributed by atoms with van der Waals surface area (Å²) in [5.41, 5.74) is 1.35. The van der Waals surface area contributed by atoms with Gasteiger partial charge in [0.2, 0.25) is 0 Å². The molecule has 5 heteroatoms. The first-order valence-electron chi connectivity index (χ1n) is 8.80. The fourth-order valence-corrected chi connectivity index (χ4v) is 4.02. The van der Waals surface area contributed by atoms with E-state index in [2.05, 4.69) is 34.5 Å². The van der Waals surface area contributed by atoms with E-state index >= 15 is 0 Å². The second-order valence-electron chi connectivity index (χ2n) is 6.57. The van der Waals surface area contributed by atoms with Crippen molar-refractivity contribution in [1.29, 1.82) is 0 Å². The predicted octanol–water partition coefficient (Wildman–Crippen LogP) is 3.39. The number of piperidine rings is 1. The van der Waals surface area contributed by atoms with Crippen LogP contribution in [-0.2, 0) is 6.42 Å². The van der Waals surface area contributed by atoms with Crippen molar-refractivity contribution in [2.24, 2.45) is 0 Å². The first kappa shape index (κ1) is 17.8. The minimum absolute atomic E-state index is 0.00815. The second-order valence-corrected chi connectivity index (χ2v) is 7.65. The van der Waals surface area contributed by atoms with E-state index < -0.39 is 0 Å². The first-order chi connectivity index (χ1) is 12.1. The van der Waals surface area contributed by atoms with Crippen LogP contribution < -0.4 is 5.32 Å². The Morgan fingerprint density at radius 3 is 2.64 bits per heavy atom. The predicted molar refractivity (Wildman–Crippen MR) is 101 cm³/mol. The van der Waals surface area contributed by atoms with Gasteiger partial charge < -0.3 is 10.2 Å². The first-order valence-corrected chi connectivity index (χ1v) is 9.61. The van der Waals surface area contributed by atoms with Crippen LogP contribution in [0.2, 0.25) is 0 Å². The second kappa shape index (κ2) is 8.41. The van der Waals surface area contributed by atoms with E-state index in [1.165, 1.54) is 23.8 Å². The van der Waals surface area contributed by atoms with Crippen molar-refractivity contribution in [2.75, 3.05) is 19.6 Å². The molecule has 4 nitrogen and oxygen atoms in total. The molecule has 1 amide bonds. The summed E-state index contributed by atoms with van der Waals surface area (Å²) in [5.74, 6) is -0.0544. The number of nitrogens with zero attached hydrogens (tertiary/aromatic N) is 1. The lowest BCUT2D eigenvalue weighted by molar-refractivity contribution is 0.0908. The number of Topliss-reactive ketones (excluding diaryl/α,β-unsaturated/α-hetero) is 1. The molecule has 0 radical (unpaired) electrons. The van der Waals surface area contributed by atoms with Crippen molar-refractivity contribution in [3.63, 3.8) is 0 Å². The molecule has 2 heterocycles. The van der Waals surface area contributed by atoms with E-state index in [4.69, 9.17) is 0 Å². The third-order valence-corrected chi connectivity index (χ3v) is 5.76. The number of rotatable bonds is 6. The summed E-state index contributed by atoms with van der Waals surface area (Å²) in [7, 11) is 0. The molecule has 1 saturated heterocycles. The molecule has 1 aromatic carbocycles. The van der Waals surface area contributed by atoms with E-state index in [9.17, 15) is 9.59 Å². The van der Waals surface area contributed by atoms with E-state index in [1.807, 2.05) is 6.07 Å². The standard InChI is InChI=1S/C20H24N2O2S/c1-15(23)18-9-10-19(25-18)20(24)21-17-8-5-12-22(14-17)13-11-16-6-3-2-4-7-16/h2-4,6-7,9-10,17H,5,8,11-14H2,1H3,(H,21,24). The van der Waals surface area contributed by atoms with Crippen LogP contribution in [0.4, 0.5) is 0 Å². The van der Waals surface area contributed by atoms with Crippen molar-refractivity contribution < 1.29 is 9.59 Å². The number of carbonyl (C=O) groups is 2. The molecule has 1 fully saturated rings. The summed E-state index contributed by atoms with van der Waals surface area (Å²) in [4.78, 5) is 27.5. The number of amides is 1. The summed E-state index contributed by atoms with van der Waals surface area (Å²) >= 11 is 1.27. The maximum atomic E-state index is 12.4. The molecule has 25 heavy (non-hydrogen) atoms. The number of thiophene rings is 1. The average molecular weight is 356 g/mol. The van der Waals surface area contributed by atoms with Gasteiger partial charge >= 0.3 is 0 Å². The average Bonchev–Trinajstić information content (AvgIpc) is 3.12. The van der Waals surface area contributed by atoms with Gasteiger partial charge in [0.15, 0.2) is 5.78 Å². The van der Waals surface area contributed by atoms with E-state index in [1.54, 1.807) is 12.1 Å². The van der Waals surface area contributed by atoms with Crippen LogP contribution >= 0.6 is 11.3 Å². The monoisotopic (exact) mass is 356 g/mol. The molecule has 1 aliphatic heterocycles. The molecule has 1 aromatic heterocycles. The van der Waals surface area contributed by atoms with Gasteiger partial charge in [-0.1, -0.05) is 30.3 Å². The highest BCUT2D eigenvalue weighted by atomic mass is 32.1. The SMILES string of the molecule is CC(=O)c1ccc(C(=O)NC2CCCN(CCc3ccccc3)C2)s1. The maximum Gasteiger partial charge on any atom is 0.261 e. The van der Waals surface area contributed by atoms with Crippen molar-refractivity contribution in [1.82, 2.24) is 10.2 Å². The molecule has 0 bridgehead atoms. The zero-order chi connectivity index (χ0) is 17.6. The van der Waals surface area contributed by atoms with Crippen LogP contribution in [-0.4, -0.2) is 42.3 Å². The van der Waals surface area contributed by atoms with Gasteiger partial charge in [-0.05, 0) is 50.4 Å². The molecule has 1 unspecified atom stereocenters. The van der Waals surface area contributed by atoms with E-state index in [0.29, 0.717) is 9.75 Å². The highest BCUT2D eigenvalue weighted by molar-refractivity contribution is 7.15. The van der Waals surface area contributed by atoms with E-state index in [0.717, 1.165) is 38.9 Å². The van der Waals surface area contributed by atoms with Gasteiger partial charge in [-0.2, -0.15) is 0 Å². The summed E-state index contributed by atoms with van der Waals surface area (Å²) < 4.78 is 0.